The summed E-state index contributed by atoms with van der Waals surface area (Å²) in [6.45, 7) is 1.35. The van der Waals surface area contributed by atoms with Gasteiger partial charge in [-0.15, -0.1) is 0 Å². The van der Waals surface area contributed by atoms with Crippen LogP contribution in [-0.2, 0) is 41.9 Å². The molecule has 4 aromatic heterocycles. The number of rotatable bonds is 18. The molecule has 3 N–H and O–H groups in total. The standard InChI is InChI=1S/C64H58N8O3/c1-74-54(75-2)40-69-42-67-63-57(61(69)65)55(48-23-12-5-13-24-48)59(49-25-14-6-15-26-49)70(63)36-35-44-31-33-47(34-32-44)51-29-18-30-52(38-51)56-58-62(66)72(53(41-73)37-45-19-8-3-9-20-45)43-68-64(58)71(39-46-21-10-4-11-22-46)60(56)50-27-16-7-17-28-50/h3-34,38,42-43,53-54,65-66,73H,35-37,39-41H2,1-2H3/t53-/m0/s1. The van der Waals surface area contributed by atoms with Crippen LogP contribution in [-0.4, -0.2) is 60.5 Å². The highest BCUT2D eigenvalue weighted by molar-refractivity contribution is 6.04. The van der Waals surface area contributed by atoms with Crippen molar-refractivity contribution in [2.45, 2.75) is 44.8 Å². The van der Waals surface area contributed by atoms with E-state index in [2.05, 4.69) is 155 Å². The van der Waals surface area contributed by atoms with E-state index in [4.69, 9.17) is 19.4 Å². The second kappa shape index (κ2) is 21.8. The molecule has 0 bridgehead atoms. The molecule has 372 valence electrons. The van der Waals surface area contributed by atoms with Gasteiger partial charge in [-0.1, -0.05) is 194 Å². The van der Waals surface area contributed by atoms with Crippen molar-refractivity contribution in [3.8, 4) is 55.9 Å². The van der Waals surface area contributed by atoms with Crippen molar-refractivity contribution in [2.75, 3.05) is 20.8 Å². The quantitative estimate of drug-likeness (QED) is 0.0737. The zero-order chi connectivity index (χ0) is 51.3. The van der Waals surface area contributed by atoms with Crippen LogP contribution in [0.5, 0.6) is 0 Å². The average Bonchev–Trinajstić information content (AvgIpc) is 4.00. The van der Waals surface area contributed by atoms with Gasteiger partial charge < -0.3 is 32.8 Å². The van der Waals surface area contributed by atoms with Crippen LogP contribution < -0.4 is 11.0 Å². The van der Waals surface area contributed by atoms with Gasteiger partial charge in [-0.2, -0.15) is 0 Å². The van der Waals surface area contributed by atoms with E-state index >= 15 is 0 Å². The summed E-state index contributed by atoms with van der Waals surface area (Å²) in [6, 6.07) is 68.6. The number of aromatic nitrogens is 6. The summed E-state index contributed by atoms with van der Waals surface area (Å²) < 4.78 is 19.3. The number of aryl methyl sites for hydroxylation is 2. The van der Waals surface area contributed by atoms with Crippen LogP contribution in [0.15, 0.2) is 213 Å². The highest BCUT2D eigenvalue weighted by Crippen LogP contribution is 2.42. The molecule has 0 radical (unpaired) electrons. The summed E-state index contributed by atoms with van der Waals surface area (Å²) in [5, 5.41) is 32.0. The first-order valence-corrected chi connectivity index (χ1v) is 25.4. The monoisotopic (exact) mass is 986 g/mol. The third kappa shape index (κ3) is 9.68. The number of hydrogen-bond acceptors (Lipinski definition) is 7. The van der Waals surface area contributed by atoms with Crippen LogP contribution in [0.25, 0.3) is 78.0 Å². The average molecular weight is 987 g/mol. The smallest absolute Gasteiger partial charge is 0.174 e. The first kappa shape index (κ1) is 48.5. The molecule has 0 saturated carbocycles. The first-order valence-electron chi connectivity index (χ1n) is 25.4. The molecule has 4 heterocycles. The van der Waals surface area contributed by atoms with Crippen molar-refractivity contribution in [1.82, 2.24) is 28.2 Å². The lowest BCUT2D eigenvalue weighted by Gasteiger charge is -2.19. The molecule has 11 heteroatoms. The summed E-state index contributed by atoms with van der Waals surface area (Å²) >= 11 is 0. The van der Waals surface area contributed by atoms with Gasteiger partial charge in [0.25, 0.3) is 0 Å². The Balaban J connectivity index is 0.990. The molecule has 0 saturated heterocycles. The number of aliphatic hydroxyl groups excluding tert-OH is 1. The lowest BCUT2D eigenvalue weighted by atomic mass is 9.95. The van der Waals surface area contributed by atoms with Gasteiger partial charge in [-0.25, -0.2) is 9.97 Å². The number of nitrogens with one attached hydrogen (secondary N) is 2. The fourth-order valence-electron chi connectivity index (χ4n) is 10.6. The van der Waals surface area contributed by atoms with E-state index in [9.17, 15) is 15.9 Å². The molecule has 11 aromatic rings. The van der Waals surface area contributed by atoms with E-state index in [-0.39, 0.29) is 6.61 Å². The minimum absolute atomic E-state index is 0.144. The van der Waals surface area contributed by atoms with E-state index in [0.717, 1.165) is 95.4 Å². The lowest BCUT2D eigenvalue weighted by Crippen LogP contribution is -2.29. The van der Waals surface area contributed by atoms with Gasteiger partial charge >= 0.3 is 0 Å². The summed E-state index contributed by atoms with van der Waals surface area (Å²) in [5.74, 6) is 0. The van der Waals surface area contributed by atoms with Gasteiger partial charge in [-0.05, 0) is 69.0 Å². The predicted molar refractivity (Wildman–Crippen MR) is 298 cm³/mol. The van der Waals surface area contributed by atoms with Crippen molar-refractivity contribution < 1.29 is 14.6 Å². The van der Waals surface area contributed by atoms with E-state index in [1.165, 1.54) is 0 Å². The highest BCUT2D eigenvalue weighted by atomic mass is 16.7. The molecule has 0 fully saturated rings. The minimum atomic E-state index is -0.533. The summed E-state index contributed by atoms with van der Waals surface area (Å²) in [5.41, 5.74) is 15.5. The van der Waals surface area contributed by atoms with Crippen molar-refractivity contribution in [1.29, 1.82) is 10.8 Å². The second-order valence-electron chi connectivity index (χ2n) is 18.9. The molecule has 11 rings (SSSR count). The second-order valence-corrected chi connectivity index (χ2v) is 18.9. The van der Waals surface area contributed by atoms with Crippen LogP contribution >= 0.6 is 0 Å². The van der Waals surface area contributed by atoms with Crippen LogP contribution in [0, 0.1) is 10.8 Å². The fraction of sp³-hybridized carbons (Fsp3) is 0.156. The molecule has 0 unspecified atom stereocenters. The van der Waals surface area contributed by atoms with Gasteiger partial charge in [0.05, 0.1) is 54.0 Å². The molecule has 0 aliphatic heterocycles. The van der Waals surface area contributed by atoms with Crippen LogP contribution in [0.2, 0.25) is 0 Å². The molecule has 1 atom stereocenters. The van der Waals surface area contributed by atoms with Gasteiger partial charge in [0.2, 0.25) is 0 Å². The van der Waals surface area contributed by atoms with Gasteiger partial charge in [0, 0.05) is 38.4 Å². The van der Waals surface area contributed by atoms with Gasteiger partial charge in [0.1, 0.15) is 22.3 Å². The molecule has 0 aliphatic rings. The van der Waals surface area contributed by atoms with Crippen molar-refractivity contribution in [3.05, 3.63) is 241 Å². The van der Waals surface area contributed by atoms with E-state index in [0.29, 0.717) is 42.7 Å². The van der Waals surface area contributed by atoms with Gasteiger partial charge in [0.15, 0.2) is 6.29 Å². The van der Waals surface area contributed by atoms with E-state index < -0.39 is 12.3 Å². The number of fused-ring (bicyclic) bond motifs is 2. The maximum absolute atomic E-state index is 10.9. The zero-order valence-electron chi connectivity index (χ0n) is 42.1. The molecule has 7 aromatic carbocycles. The Morgan fingerprint density at radius 2 is 1.00 bits per heavy atom. The lowest BCUT2D eigenvalue weighted by molar-refractivity contribution is -0.111. The molecule has 75 heavy (non-hydrogen) atoms. The third-order valence-electron chi connectivity index (χ3n) is 14.3. The summed E-state index contributed by atoms with van der Waals surface area (Å²) in [4.78, 5) is 10.2. The summed E-state index contributed by atoms with van der Waals surface area (Å²) in [7, 11) is 3.21. The van der Waals surface area contributed by atoms with Crippen molar-refractivity contribution in [3.63, 3.8) is 0 Å². The molecule has 0 spiro atoms. The predicted octanol–water partition coefficient (Wildman–Crippen LogP) is 12.0. The molecule has 11 nitrogen and oxygen atoms in total. The van der Waals surface area contributed by atoms with E-state index in [1.54, 1.807) is 31.4 Å². The summed E-state index contributed by atoms with van der Waals surface area (Å²) in [6.07, 6.45) is 4.19. The number of aliphatic hydroxyl groups is 1. The Morgan fingerprint density at radius 1 is 0.493 bits per heavy atom. The molecule has 0 aliphatic carbocycles. The van der Waals surface area contributed by atoms with Gasteiger partial charge in [-0.3, -0.25) is 10.8 Å². The van der Waals surface area contributed by atoms with E-state index in [1.807, 2.05) is 59.2 Å². The first-order chi connectivity index (χ1) is 36.9. The zero-order valence-corrected chi connectivity index (χ0v) is 42.1. The number of nitrogens with zero attached hydrogens (tertiary/aromatic N) is 6. The number of hydrogen-bond donors (Lipinski definition) is 3. The minimum Gasteiger partial charge on any atom is -0.394 e. The topological polar surface area (TPSA) is 132 Å². The molecule has 0 amide bonds. The Morgan fingerprint density at radius 3 is 1.61 bits per heavy atom. The van der Waals surface area contributed by atoms with Crippen LogP contribution in [0.3, 0.4) is 0 Å². The Kier molecular flexibility index (Phi) is 14.1. The van der Waals surface area contributed by atoms with Crippen molar-refractivity contribution >= 4 is 22.1 Å². The number of benzene rings is 7. The van der Waals surface area contributed by atoms with Crippen LogP contribution in [0.1, 0.15) is 22.7 Å². The van der Waals surface area contributed by atoms with Crippen molar-refractivity contribution in [2.24, 2.45) is 0 Å². The SMILES string of the molecule is COC(Cn1cnc2c(c(-c3ccccc3)c(-c3ccccc3)n2CCc2ccc(-c3cccc(-c4c(-c5ccccc5)n(Cc5ccccc5)c5ncn([C@H](CO)Cc6ccccc6)c(=N)c45)c3)cc2)c1=N)OC. The Bertz CT molecular complexity index is 3850. The largest absolute Gasteiger partial charge is 0.394 e. The Labute approximate surface area is 435 Å². The number of methoxy groups -OCH3 is 2. The molecular formula is C64H58N8O3. The molecular weight excluding hydrogens is 929 g/mol. The maximum atomic E-state index is 10.9. The number of ether oxygens (including phenoxy) is 2. The van der Waals surface area contributed by atoms with Crippen LogP contribution in [0.4, 0.5) is 0 Å². The highest BCUT2D eigenvalue weighted by Gasteiger charge is 2.27. The normalized spacial score (nSPS) is 12.0. The fourth-order valence-corrected chi connectivity index (χ4v) is 10.6. The maximum Gasteiger partial charge on any atom is 0.174 e. The third-order valence-corrected chi connectivity index (χ3v) is 14.3. The Hall–Kier alpha value is -8.74.